The first-order valence-corrected chi connectivity index (χ1v) is 16.9. The van der Waals surface area contributed by atoms with Crippen molar-refractivity contribution >= 4 is 65.0 Å². The number of hydrogen-bond acceptors (Lipinski definition) is 14. The van der Waals surface area contributed by atoms with Gasteiger partial charge in [0.25, 0.3) is 5.91 Å². The Morgan fingerprint density at radius 2 is 1.43 bits per heavy atom. The minimum Gasteiger partial charge on any atom is -0.548 e. The second kappa shape index (κ2) is 19.8. The maximum absolute atomic E-state index is 13.3. The Morgan fingerprint density at radius 1 is 0.821 bits per heavy atom. The van der Waals surface area contributed by atoms with Gasteiger partial charge in [-0.3, -0.25) is 14.5 Å². The van der Waals surface area contributed by atoms with Crippen molar-refractivity contribution in [2.75, 3.05) is 41.3 Å². The summed E-state index contributed by atoms with van der Waals surface area (Å²) in [7, 11) is 2.83. The van der Waals surface area contributed by atoms with Crippen LogP contribution in [0.2, 0.25) is 0 Å². The number of nitrogens with one attached hydrogen (secondary N) is 4. The Bertz CT molecular complexity index is 2440. The molecule has 6 aromatic rings. The van der Waals surface area contributed by atoms with Crippen molar-refractivity contribution in [3.8, 4) is 17.1 Å². The van der Waals surface area contributed by atoms with Crippen LogP contribution in [-0.2, 0) is 9.59 Å². The number of H-pyrrole nitrogens is 2. The van der Waals surface area contributed by atoms with Crippen molar-refractivity contribution in [1.82, 2.24) is 35.0 Å². The number of anilines is 4. The Kier molecular flexibility index (Phi) is 15.5. The molecule has 0 saturated carbocycles. The number of aromatic nitrogens is 7. The first-order chi connectivity index (χ1) is 26.0. The summed E-state index contributed by atoms with van der Waals surface area (Å²) in [6.45, 7) is 0.0489. The van der Waals surface area contributed by atoms with Gasteiger partial charge >= 0.3 is 59.1 Å². The van der Waals surface area contributed by atoms with Crippen LogP contribution in [0.4, 0.5) is 22.7 Å². The fourth-order valence-electron chi connectivity index (χ4n) is 5.67. The smallest absolute Gasteiger partial charge is 0.548 e. The summed E-state index contributed by atoms with van der Waals surface area (Å²) >= 11 is 10.4. The van der Waals surface area contributed by atoms with Crippen molar-refractivity contribution < 1.29 is 88.4 Å². The average Bonchev–Trinajstić information content (AvgIpc) is 3.81. The van der Waals surface area contributed by atoms with Crippen LogP contribution in [0.1, 0.15) is 10.4 Å². The van der Waals surface area contributed by atoms with Crippen LogP contribution >= 0.6 is 24.4 Å². The van der Waals surface area contributed by atoms with E-state index in [1.165, 1.54) is 40.7 Å². The molecule has 0 aliphatic heterocycles. The van der Waals surface area contributed by atoms with Crippen LogP contribution < -0.4 is 94.5 Å². The molecule has 2 atom stereocenters. The zero-order valence-electron chi connectivity index (χ0n) is 30.6. The molecule has 0 saturated heterocycles. The molecule has 2 heterocycles. The molecule has 56 heavy (non-hydrogen) atoms. The molecule has 1 amide bonds. The number of ether oxygens (including phenoxy) is 1. The number of rotatable bonds is 15. The van der Waals surface area contributed by atoms with Crippen molar-refractivity contribution in [2.24, 2.45) is 0 Å². The van der Waals surface area contributed by atoms with Gasteiger partial charge < -0.3 is 45.0 Å². The van der Waals surface area contributed by atoms with Crippen molar-refractivity contribution in [3.05, 3.63) is 118 Å². The molecule has 4 N–H and O–H groups in total. The van der Waals surface area contributed by atoms with Crippen molar-refractivity contribution in [2.45, 2.75) is 12.1 Å². The number of tetrazole rings is 1. The van der Waals surface area contributed by atoms with Crippen LogP contribution in [0.3, 0.4) is 0 Å². The van der Waals surface area contributed by atoms with Crippen LogP contribution in [-0.4, -0.2) is 85.7 Å². The second-order valence-corrected chi connectivity index (χ2v) is 12.5. The van der Waals surface area contributed by atoms with Gasteiger partial charge in [-0.05, 0) is 91.2 Å². The summed E-state index contributed by atoms with van der Waals surface area (Å²) in [5.41, 5.74) is 3.29. The maximum atomic E-state index is 13.3. The van der Waals surface area contributed by atoms with Crippen LogP contribution in [0, 0.1) is 9.54 Å². The number of amides is 1. The number of aliphatic carboxylic acids is 2. The molecule has 0 spiro atoms. The monoisotopic (exact) mass is 811 g/mol. The largest absolute Gasteiger partial charge is 1.00 e. The Morgan fingerprint density at radius 3 is 2.05 bits per heavy atom. The number of benzene rings is 4. The standard InChI is InChI=1S/C35H33N11O6S2.2Na/c1-43(24-10-3-7-21(15-24)31(47)38-23-9-5-13-27(17-23)46-35(54)40-41-42-46)29(32(48)49)30(33(50)51)44(2)25-11-6-14-28(18-25)52-20-36-22-8-4-12-26(16-22)45-19-37-39-34(45)53;;/h3-19,29-30,36H,20H2,1-2H3,(H,38,47)(H,39,53)(H,48,49)(H,50,51)(H,40,42,54);;/q;2*+1/p-2. The number of carbonyl (C=O) groups excluding carboxylic acids is 3. The van der Waals surface area contributed by atoms with E-state index >= 15 is 0 Å². The molecule has 4 aromatic carbocycles. The number of aromatic amines is 2. The van der Waals surface area contributed by atoms with E-state index in [1.807, 2.05) is 24.3 Å². The number of likely N-dealkylation sites (N-methyl/N-ethyl adjacent to an activating group) is 2. The summed E-state index contributed by atoms with van der Waals surface area (Å²) in [5, 5.41) is 48.0. The number of carboxylic acid groups (broad SMARTS) is 2. The van der Waals surface area contributed by atoms with E-state index in [1.54, 1.807) is 71.6 Å². The summed E-state index contributed by atoms with van der Waals surface area (Å²) in [6, 6.07) is 23.3. The van der Waals surface area contributed by atoms with Crippen molar-refractivity contribution in [1.29, 1.82) is 0 Å². The van der Waals surface area contributed by atoms with E-state index in [9.17, 15) is 24.6 Å². The molecule has 2 unspecified atom stereocenters. The molecule has 0 radical (unpaired) electrons. The Hall–Kier alpha value is -4.86. The number of carboxylic acids is 2. The van der Waals surface area contributed by atoms with E-state index in [4.69, 9.17) is 29.2 Å². The van der Waals surface area contributed by atoms with Gasteiger partial charge in [0, 0.05) is 48.5 Å². The molecule has 0 aliphatic carbocycles. The zero-order valence-corrected chi connectivity index (χ0v) is 36.2. The molecule has 0 fully saturated rings. The van der Waals surface area contributed by atoms with Gasteiger partial charge in [0.05, 0.1) is 35.4 Å². The van der Waals surface area contributed by atoms with E-state index in [0.717, 1.165) is 11.4 Å². The predicted octanol–water partition coefficient (Wildman–Crippen LogP) is -3.91. The normalized spacial score (nSPS) is 11.5. The number of nitrogens with zero attached hydrogens (tertiary/aromatic N) is 7. The summed E-state index contributed by atoms with van der Waals surface area (Å²) < 4.78 is 9.69. The molecule has 0 bridgehead atoms. The molecule has 17 nitrogen and oxygen atoms in total. The predicted molar refractivity (Wildman–Crippen MR) is 200 cm³/mol. The number of carbonyl (C=O) groups is 3. The van der Waals surface area contributed by atoms with Crippen LogP contribution in [0.25, 0.3) is 11.4 Å². The molecular weight excluding hydrogens is 781 g/mol. The third kappa shape index (κ3) is 10.3. The topological polar surface area (TPSA) is 217 Å². The van der Waals surface area contributed by atoms with Gasteiger partial charge in [0.15, 0.2) is 11.5 Å². The maximum Gasteiger partial charge on any atom is 1.00 e. The summed E-state index contributed by atoms with van der Waals surface area (Å²) in [4.78, 5) is 41.1. The van der Waals surface area contributed by atoms with E-state index in [2.05, 4.69) is 36.4 Å². The first-order valence-electron chi connectivity index (χ1n) is 16.1. The average molecular weight is 812 g/mol. The fourth-order valence-corrected chi connectivity index (χ4v) is 6.06. The minimum absolute atomic E-state index is 0. The van der Waals surface area contributed by atoms with Gasteiger partial charge in [0.2, 0.25) is 4.77 Å². The molecular formula is C35H31N11Na2O6S2. The quantitative estimate of drug-likeness (QED) is 0.0443. The van der Waals surface area contributed by atoms with Gasteiger partial charge in [-0.15, -0.1) is 0 Å². The van der Waals surface area contributed by atoms with Crippen LogP contribution in [0.15, 0.2) is 103 Å². The van der Waals surface area contributed by atoms with Gasteiger partial charge in [0.1, 0.15) is 12.1 Å². The Balaban J connectivity index is 0.00000348. The Labute approximate surface area is 374 Å². The van der Waals surface area contributed by atoms with Crippen LogP contribution in [0.5, 0.6) is 5.75 Å². The van der Waals surface area contributed by atoms with E-state index in [0.29, 0.717) is 27.6 Å². The summed E-state index contributed by atoms with van der Waals surface area (Å²) in [5.74, 6) is -3.46. The van der Waals surface area contributed by atoms with E-state index < -0.39 is 29.9 Å². The molecule has 21 heteroatoms. The zero-order chi connectivity index (χ0) is 38.4. The second-order valence-electron chi connectivity index (χ2n) is 11.8. The summed E-state index contributed by atoms with van der Waals surface area (Å²) in [6.07, 6.45) is 1.57. The van der Waals surface area contributed by atoms with Gasteiger partial charge in [-0.25, -0.2) is 4.68 Å². The molecule has 6 rings (SSSR count). The third-order valence-electron chi connectivity index (χ3n) is 8.38. The van der Waals surface area contributed by atoms with Gasteiger partial charge in [-0.2, -0.15) is 10.3 Å². The number of hydrogen-bond donors (Lipinski definition) is 4. The third-order valence-corrected chi connectivity index (χ3v) is 8.93. The molecule has 0 aliphatic rings. The fraction of sp³-hybridized carbons (Fsp3) is 0.143. The minimum atomic E-state index is -1.76. The first kappa shape index (κ1) is 43.9. The van der Waals surface area contributed by atoms with E-state index in [-0.39, 0.29) is 81.9 Å². The SMILES string of the molecule is CN(c1cccc(OCNc2cccc(-n3cn[nH]c3=S)c2)c1)C(C(=O)[O-])C(C(=O)[O-])N(C)c1cccc(C(=O)Nc2cccc(-n3[nH]nnc3=S)c2)c1.[Na+].[Na+]. The van der Waals surface area contributed by atoms with Gasteiger partial charge in [-0.1, -0.05) is 34.6 Å². The van der Waals surface area contributed by atoms with Crippen molar-refractivity contribution in [3.63, 3.8) is 0 Å². The molecule has 276 valence electrons. The molecule has 2 aromatic heterocycles.